The number of amides is 2. The average molecular weight is 369 g/mol. The van der Waals surface area contributed by atoms with Gasteiger partial charge in [0.15, 0.2) is 11.5 Å². The Balaban J connectivity index is 2.77. The Morgan fingerprint density at radius 2 is 2.04 bits per heavy atom. The minimum Gasteiger partial charge on any atom is -0.491 e. The van der Waals surface area contributed by atoms with E-state index >= 15 is 0 Å². The Morgan fingerprint density at radius 3 is 2.64 bits per heavy atom. The summed E-state index contributed by atoms with van der Waals surface area (Å²) in [6, 6.07) is 2.79. The van der Waals surface area contributed by atoms with Crippen LogP contribution in [-0.4, -0.2) is 38.1 Å². The van der Waals surface area contributed by atoms with Crippen molar-refractivity contribution in [3.8, 4) is 11.5 Å². The zero-order chi connectivity index (χ0) is 18.8. The van der Waals surface area contributed by atoms with Crippen LogP contribution < -0.4 is 20.1 Å². The van der Waals surface area contributed by atoms with Crippen LogP contribution in [0, 0.1) is 0 Å². The first-order valence-electron chi connectivity index (χ1n) is 8.19. The molecule has 7 heteroatoms. The third-order valence-corrected chi connectivity index (χ3v) is 3.55. The molecule has 6 nitrogen and oxygen atoms in total. The van der Waals surface area contributed by atoms with Crippen LogP contribution in [0.2, 0.25) is 5.02 Å². The lowest BCUT2D eigenvalue weighted by molar-refractivity contribution is -0.126. The number of halogens is 1. The quantitative estimate of drug-likeness (QED) is 0.657. The summed E-state index contributed by atoms with van der Waals surface area (Å²) in [5, 5.41) is 5.73. The topological polar surface area (TPSA) is 76.7 Å². The van der Waals surface area contributed by atoms with Crippen LogP contribution in [0.25, 0.3) is 6.08 Å². The molecule has 1 atom stereocenters. The number of hydrogen-bond donors (Lipinski definition) is 2. The van der Waals surface area contributed by atoms with Crippen molar-refractivity contribution >= 4 is 29.5 Å². The standard InChI is InChI=1S/C18H25ClN2O4/c1-5-9-20-18(23)12(3)21-16(22)8-7-13-10-14(19)17(24-4)15(11-13)25-6-2/h7-8,10-12H,5-6,9H2,1-4H3,(H,20,23)(H,21,22)/b8-7+/t12-/m0/s1. The number of rotatable bonds is 9. The van der Waals surface area contributed by atoms with Crippen molar-refractivity contribution in [2.24, 2.45) is 0 Å². The summed E-state index contributed by atoms with van der Waals surface area (Å²) in [6.45, 7) is 6.50. The first-order valence-corrected chi connectivity index (χ1v) is 8.57. The Bertz CT molecular complexity index is 632. The van der Waals surface area contributed by atoms with Gasteiger partial charge >= 0.3 is 0 Å². The number of ether oxygens (including phenoxy) is 2. The van der Waals surface area contributed by atoms with Gasteiger partial charge in [0.25, 0.3) is 0 Å². The van der Waals surface area contributed by atoms with Gasteiger partial charge in [-0.15, -0.1) is 0 Å². The first-order chi connectivity index (χ1) is 11.9. The molecule has 2 N–H and O–H groups in total. The molecular formula is C18H25ClN2O4. The van der Waals surface area contributed by atoms with E-state index in [1.54, 1.807) is 25.1 Å². The van der Waals surface area contributed by atoms with Gasteiger partial charge in [-0.25, -0.2) is 0 Å². The Kier molecular flexibility index (Phi) is 8.84. The summed E-state index contributed by atoms with van der Waals surface area (Å²) >= 11 is 6.17. The van der Waals surface area contributed by atoms with Crippen LogP contribution >= 0.6 is 11.6 Å². The SMILES string of the molecule is CCCNC(=O)[C@H](C)NC(=O)/C=C/c1cc(Cl)c(OC)c(OCC)c1. The Morgan fingerprint density at radius 1 is 1.32 bits per heavy atom. The van der Waals surface area contributed by atoms with Crippen molar-refractivity contribution in [3.63, 3.8) is 0 Å². The number of nitrogens with one attached hydrogen (secondary N) is 2. The summed E-state index contributed by atoms with van der Waals surface area (Å²) in [5.74, 6) is 0.370. The monoisotopic (exact) mass is 368 g/mol. The fourth-order valence-corrected chi connectivity index (χ4v) is 2.34. The van der Waals surface area contributed by atoms with Gasteiger partial charge in [-0.1, -0.05) is 18.5 Å². The molecule has 138 valence electrons. The molecule has 0 saturated carbocycles. The third kappa shape index (κ3) is 6.66. The van der Waals surface area contributed by atoms with Crippen molar-refractivity contribution in [1.82, 2.24) is 10.6 Å². The number of benzene rings is 1. The highest BCUT2D eigenvalue weighted by molar-refractivity contribution is 6.32. The molecule has 2 amide bonds. The molecule has 0 aromatic heterocycles. The van der Waals surface area contributed by atoms with Gasteiger partial charge in [-0.3, -0.25) is 9.59 Å². The van der Waals surface area contributed by atoms with E-state index in [-0.39, 0.29) is 11.8 Å². The van der Waals surface area contributed by atoms with Gasteiger partial charge in [-0.2, -0.15) is 0 Å². The van der Waals surface area contributed by atoms with Gasteiger partial charge in [0, 0.05) is 12.6 Å². The molecule has 0 saturated heterocycles. The molecule has 0 aliphatic carbocycles. The maximum atomic E-state index is 12.0. The largest absolute Gasteiger partial charge is 0.491 e. The van der Waals surface area contributed by atoms with E-state index in [1.807, 2.05) is 13.8 Å². The number of methoxy groups -OCH3 is 1. The summed E-state index contributed by atoms with van der Waals surface area (Å²) in [5.41, 5.74) is 0.687. The van der Waals surface area contributed by atoms with Gasteiger partial charge in [0.1, 0.15) is 6.04 Å². The fourth-order valence-electron chi connectivity index (χ4n) is 2.05. The normalized spacial score (nSPS) is 11.9. The van der Waals surface area contributed by atoms with E-state index in [0.29, 0.717) is 35.2 Å². The summed E-state index contributed by atoms with van der Waals surface area (Å²) < 4.78 is 10.7. The highest BCUT2D eigenvalue weighted by Gasteiger charge is 2.14. The Labute approximate surface area is 153 Å². The molecule has 1 rings (SSSR count). The third-order valence-electron chi connectivity index (χ3n) is 3.26. The molecule has 0 heterocycles. The average Bonchev–Trinajstić information content (AvgIpc) is 2.58. The maximum absolute atomic E-state index is 12.0. The molecule has 0 spiro atoms. The van der Waals surface area contributed by atoms with Crippen LogP contribution in [0.3, 0.4) is 0 Å². The molecule has 25 heavy (non-hydrogen) atoms. The van der Waals surface area contributed by atoms with E-state index in [0.717, 1.165) is 6.42 Å². The zero-order valence-corrected chi connectivity index (χ0v) is 15.8. The zero-order valence-electron chi connectivity index (χ0n) is 15.0. The second kappa shape index (κ2) is 10.6. The molecular weight excluding hydrogens is 344 g/mol. The van der Waals surface area contributed by atoms with Crippen LogP contribution in [0.15, 0.2) is 18.2 Å². The van der Waals surface area contributed by atoms with Crippen molar-refractivity contribution in [2.45, 2.75) is 33.2 Å². The highest BCUT2D eigenvalue weighted by Crippen LogP contribution is 2.36. The van der Waals surface area contributed by atoms with Crippen LogP contribution in [-0.2, 0) is 9.59 Å². The van der Waals surface area contributed by atoms with E-state index in [4.69, 9.17) is 21.1 Å². The molecule has 0 bridgehead atoms. The van der Waals surface area contributed by atoms with Crippen LogP contribution in [0.1, 0.15) is 32.8 Å². The second-order valence-electron chi connectivity index (χ2n) is 5.32. The smallest absolute Gasteiger partial charge is 0.244 e. The molecule has 0 radical (unpaired) electrons. The van der Waals surface area contributed by atoms with E-state index < -0.39 is 6.04 Å². The van der Waals surface area contributed by atoms with Crippen molar-refractivity contribution < 1.29 is 19.1 Å². The molecule has 1 aromatic carbocycles. The van der Waals surface area contributed by atoms with Crippen molar-refractivity contribution in [2.75, 3.05) is 20.3 Å². The van der Waals surface area contributed by atoms with Crippen LogP contribution in [0.4, 0.5) is 0 Å². The molecule has 0 aliphatic rings. The second-order valence-corrected chi connectivity index (χ2v) is 5.73. The lowest BCUT2D eigenvalue weighted by atomic mass is 10.2. The number of carbonyl (C=O) groups excluding carboxylic acids is 2. The van der Waals surface area contributed by atoms with E-state index in [1.165, 1.54) is 13.2 Å². The predicted octanol–water partition coefficient (Wildman–Crippen LogP) is 2.79. The number of carbonyl (C=O) groups is 2. The molecule has 0 aliphatic heterocycles. The van der Waals surface area contributed by atoms with E-state index in [2.05, 4.69) is 10.6 Å². The molecule has 0 unspecified atom stereocenters. The minimum atomic E-state index is -0.609. The lowest BCUT2D eigenvalue weighted by Gasteiger charge is -2.13. The van der Waals surface area contributed by atoms with Gasteiger partial charge < -0.3 is 20.1 Å². The maximum Gasteiger partial charge on any atom is 0.244 e. The summed E-state index contributed by atoms with van der Waals surface area (Å²) in [4.78, 5) is 23.7. The minimum absolute atomic E-state index is 0.213. The first kappa shape index (κ1) is 20.8. The molecule has 1 aromatic rings. The van der Waals surface area contributed by atoms with Crippen LogP contribution in [0.5, 0.6) is 11.5 Å². The highest BCUT2D eigenvalue weighted by atomic mass is 35.5. The van der Waals surface area contributed by atoms with E-state index in [9.17, 15) is 9.59 Å². The lowest BCUT2D eigenvalue weighted by Crippen LogP contribution is -2.44. The summed E-state index contributed by atoms with van der Waals surface area (Å²) in [6.07, 6.45) is 3.78. The predicted molar refractivity (Wildman–Crippen MR) is 99.1 cm³/mol. The summed E-state index contributed by atoms with van der Waals surface area (Å²) in [7, 11) is 1.51. The molecule has 0 fully saturated rings. The van der Waals surface area contributed by atoms with Gasteiger partial charge in [0.05, 0.1) is 18.7 Å². The Hall–Kier alpha value is -2.21. The number of hydrogen-bond acceptors (Lipinski definition) is 4. The van der Waals surface area contributed by atoms with Gasteiger partial charge in [-0.05, 0) is 44.0 Å². The van der Waals surface area contributed by atoms with Crippen molar-refractivity contribution in [1.29, 1.82) is 0 Å². The van der Waals surface area contributed by atoms with Gasteiger partial charge in [0.2, 0.25) is 11.8 Å². The van der Waals surface area contributed by atoms with Crippen molar-refractivity contribution in [3.05, 3.63) is 28.8 Å². The fraction of sp³-hybridized carbons (Fsp3) is 0.444.